The van der Waals surface area contributed by atoms with E-state index in [-0.39, 0.29) is 11.9 Å². The third-order valence-electron chi connectivity index (χ3n) is 2.87. The minimum absolute atomic E-state index is 0.221. The predicted octanol–water partition coefficient (Wildman–Crippen LogP) is 4.52. The maximum Gasteiger partial charge on any atom is 0.123 e. The van der Waals surface area contributed by atoms with Gasteiger partial charge >= 0.3 is 0 Å². The number of unbranched alkanes of at least 4 members (excludes halogenated alkanes) is 4. The van der Waals surface area contributed by atoms with Crippen LogP contribution in [-0.4, -0.2) is 11.2 Å². The topological polar surface area (TPSA) is 29.5 Å². The lowest BCUT2D eigenvalue weighted by Gasteiger charge is -2.14. The highest BCUT2D eigenvalue weighted by Crippen LogP contribution is 2.20. The molecule has 1 unspecified atom stereocenters. The molecule has 0 aliphatic heterocycles. The van der Waals surface area contributed by atoms with Gasteiger partial charge in [-0.15, -0.1) is 0 Å². The second-order valence-electron chi connectivity index (χ2n) is 4.63. The summed E-state index contributed by atoms with van der Waals surface area (Å²) in [5.41, 5.74) is 0. The zero-order chi connectivity index (χ0) is 12.5. The number of phenols is 1. The number of aromatic hydroxyl groups is 1. The number of hydrogen-bond donors (Lipinski definition) is 1. The molecule has 2 nitrogen and oxygen atoms in total. The van der Waals surface area contributed by atoms with Crippen molar-refractivity contribution in [1.29, 1.82) is 0 Å². The Labute approximate surface area is 105 Å². The van der Waals surface area contributed by atoms with Gasteiger partial charge in [0.25, 0.3) is 0 Å². The Balaban J connectivity index is 2.18. The van der Waals surface area contributed by atoms with E-state index >= 15 is 0 Å². The first kappa shape index (κ1) is 13.9. The molecule has 0 heterocycles. The maximum absolute atomic E-state index is 9.32. The highest BCUT2D eigenvalue weighted by atomic mass is 16.5. The van der Waals surface area contributed by atoms with Crippen LogP contribution in [0.2, 0.25) is 0 Å². The molecule has 0 bridgehead atoms. The number of ether oxygens (including phenoxy) is 1. The molecule has 0 saturated heterocycles. The van der Waals surface area contributed by atoms with E-state index < -0.39 is 0 Å². The Hall–Kier alpha value is -1.18. The highest BCUT2D eigenvalue weighted by Gasteiger charge is 2.04. The molecule has 0 radical (unpaired) electrons. The van der Waals surface area contributed by atoms with E-state index in [1.807, 2.05) is 6.07 Å². The van der Waals surface area contributed by atoms with E-state index in [1.54, 1.807) is 18.2 Å². The molecule has 0 amide bonds. The monoisotopic (exact) mass is 236 g/mol. The van der Waals surface area contributed by atoms with Crippen molar-refractivity contribution in [3.05, 3.63) is 24.3 Å². The molecule has 17 heavy (non-hydrogen) atoms. The summed E-state index contributed by atoms with van der Waals surface area (Å²) in [7, 11) is 0. The van der Waals surface area contributed by atoms with Crippen molar-refractivity contribution in [3.63, 3.8) is 0 Å². The van der Waals surface area contributed by atoms with Crippen LogP contribution in [-0.2, 0) is 0 Å². The molecule has 0 saturated carbocycles. The van der Waals surface area contributed by atoms with Crippen LogP contribution >= 0.6 is 0 Å². The van der Waals surface area contributed by atoms with Gasteiger partial charge in [0.15, 0.2) is 0 Å². The Morgan fingerprint density at radius 2 is 1.94 bits per heavy atom. The van der Waals surface area contributed by atoms with Gasteiger partial charge in [0.05, 0.1) is 6.10 Å². The molecule has 0 aromatic heterocycles. The zero-order valence-electron chi connectivity index (χ0n) is 11.0. The van der Waals surface area contributed by atoms with Crippen molar-refractivity contribution >= 4 is 0 Å². The molecular formula is C15H24O2. The van der Waals surface area contributed by atoms with Crippen molar-refractivity contribution in [2.45, 2.75) is 58.5 Å². The zero-order valence-corrected chi connectivity index (χ0v) is 11.0. The molecule has 0 spiro atoms. The Morgan fingerprint density at radius 1 is 1.18 bits per heavy atom. The van der Waals surface area contributed by atoms with Crippen molar-refractivity contribution in [2.75, 3.05) is 0 Å². The molecule has 2 heteroatoms. The van der Waals surface area contributed by atoms with Gasteiger partial charge in [-0.25, -0.2) is 0 Å². The fraction of sp³-hybridized carbons (Fsp3) is 0.600. The van der Waals surface area contributed by atoms with Crippen LogP contribution in [0.4, 0.5) is 0 Å². The largest absolute Gasteiger partial charge is 0.508 e. The summed E-state index contributed by atoms with van der Waals surface area (Å²) in [6.45, 7) is 4.32. The van der Waals surface area contributed by atoms with Crippen molar-refractivity contribution in [3.8, 4) is 11.5 Å². The van der Waals surface area contributed by atoms with Gasteiger partial charge < -0.3 is 9.84 Å². The summed E-state index contributed by atoms with van der Waals surface area (Å²) in [5.74, 6) is 1.02. The molecule has 0 aliphatic rings. The van der Waals surface area contributed by atoms with Gasteiger partial charge in [-0.05, 0) is 31.9 Å². The van der Waals surface area contributed by atoms with E-state index in [4.69, 9.17) is 4.74 Å². The van der Waals surface area contributed by atoms with Crippen LogP contribution < -0.4 is 4.74 Å². The quantitative estimate of drug-likeness (QED) is 0.672. The lowest BCUT2D eigenvalue weighted by Crippen LogP contribution is -2.11. The van der Waals surface area contributed by atoms with Gasteiger partial charge in [0.2, 0.25) is 0 Å². The predicted molar refractivity (Wildman–Crippen MR) is 71.6 cm³/mol. The summed E-state index contributed by atoms with van der Waals surface area (Å²) >= 11 is 0. The Morgan fingerprint density at radius 3 is 2.65 bits per heavy atom. The van der Waals surface area contributed by atoms with Gasteiger partial charge in [0.1, 0.15) is 11.5 Å². The SMILES string of the molecule is CCCCCCCC(C)Oc1cccc(O)c1. The summed E-state index contributed by atoms with van der Waals surface area (Å²) < 4.78 is 5.74. The first-order valence-corrected chi connectivity index (χ1v) is 6.68. The second kappa shape index (κ2) is 7.99. The van der Waals surface area contributed by atoms with E-state index in [2.05, 4.69) is 13.8 Å². The average molecular weight is 236 g/mol. The minimum atomic E-state index is 0.221. The molecule has 0 aliphatic carbocycles. The molecule has 1 N–H and O–H groups in total. The first-order chi connectivity index (χ1) is 8.22. The molecule has 1 rings (SSSR count). The van der Waals surface area contributed by atoms with Crippen LogP contribution in [0.1, 0.15) is 52.4 Å². The van der Waals surface area contributed by atoms with Gasteiger partial charge in [-0.2, -0.15) is 0 Å². The lowest BCUT2D eigenvalue weighted by molar-refractivity contribution is 0.205. The number of rotatable bonds is 8. The van der Waals surface area contributed by atoms with Crippen LogP contribution in [0.15, 0.2) is 24.3 Å². The smallest absolute Gasteiger partial charge is 0.123 e. The summed E-state index contributed by atoms with van der Waals surface area (Å²) in [5, 5.41) is 9.32. The van der Waals surface area contributed by atoms with Crippen molar-refractivity contribution in [1.82, 2.24) is 0 Å². The molecule has 0 fully saturated rings. The average Bonchev–Trinajstić information content (AvgIpc) is 2.29. The van der Waals surface area contributed by atoms with Crippen LogP contribution in [0.25, 0.3) is 0 Å². The van der Waals surface area contributed by atoms with E-state index in [9.17, 15) is 5.11 Å². The van der Waals surface area contributed by atoms with E-state index in [0.29, 0.717) is 0 Å². The summed E-state index contributed by atoms with van der Waals surface area (Å²) in [6, 6.07) is 7.00. The third kappa shape index (κ3) is 6.20. The minimum Gasteiger partial charge on any atom is -0.508 e. The maximum atomic E-state index is 9.32. The fourth-order valence-corrected chi connectivity index (χ4v) is 1.88. The molecular weight excluding hydrogens is 212 g/mol. The summed E-state index contributed by atoms with van der Waals surface area (Å²) in [4.78, 5) is 0. The molecule has 1 aromatic rings. The van der Waals surface area contributed by atoms with E-state index in [1.165, 1.54) is 32.1 Å². The fourth-order valence-electron chi connectivity index (χ4n) is 1.88. The number of hydrogen-bond acceptors (Lipinski definition) is 2. The summed E-state index contributed by atoms with van der Waals surface area (Å²) in [6.07, 6.45) is 7.77. The molecule has 1 atom stereocenters. The van der Waals surface area contributed by atoms with Gasteiger partial charge in [-0.1, -0.05) is 38.7 Å². The highest BCUT2D eigenvalue weighted by molar-refractivity contribution is 5.31. The number of benzene rings is 1. The number of phenolic OH excluding ortho intramolecular Hbond substituents is 1. The van der Waals surface area contributed by atoms with Gasteiger partial charge in [0, 0.05) is 6.07 Å². The lowest BCUT2D eigenvalue weighted by atomic mass is 10.1. The normalized spacial score (nSPS) is 12.4. The molecule has 96 valence electrons. The Kier molecular flexibility index (Phi) is 6.53. The van der Waals surface area contributed by atoms with Crippen LogP contribution in [0.5, 0.6) is 11.5 Å². The standard InChI is InChI=1S/C15H24O2/c1-3-4-5-6-7-9-13(2)17-15-11-8-10-14(16)12-15/h8,10-13,16H,3-7,9H2,1-2H3. The van der Waals surface area contributed by atoms with Gasteiger partial charge in [-0.3, -0.25) is 0 Å². The molecule has 1 aromatic carbocycles. The van der Waals surface area contributed by atoms with Crippen molar-refractivity contribution < 1.29 is 9.84 Å². The van der Waals surface area contributed by atoms with Crippen molar-refractivity contribution in [2.24, 2.45) is 0 Å². The first-order valence-electron chi connectivity index (χ1n) is 6.68. The van der Waals surface area contributed by atoms with E-state index in [0.717, 1.165) is 12.2 Å². The van der Waals surface area contributed by atoms with Crippen LogP contribution in [0, 0.1) is 0 Å². The Bertz CT molecular complexity index is 310. The second-order valence-corrected chi connectivity index (χ2v) is 4.63. The van der Waals surface area contributed by atoms with Crippen LogP contribution in [0.3, 0.4) is 0 Å². The third-order valence-corrected chi connectivity index (χ3v) is 2.87.